The Hall–Kier alpha value is -0.830. The lowest BCUT2D eigenvalue weighted by molar-refractivity contribution is 0.776. The van der Waals surface area contributed by atoms with Gasteiger partial charge in [0.15, 0.2) is 0 Å². The fourth-order valence-electron chi connectivity index (χ4n) is 0.311. The molecule has 0 aliphatic carbocycles. The van der Waals surface area contributed by atoms with Crippen LogP contribution in [0.25, 0.3) is 0 Å². The van der Waals surface area contributed by atoms with E-state index >= 15 is 0 Å². The summed E-state index contributed by atoms with van der Waals surface area (Å²) in [6.07, 6.45) is 2.59. The largest absolute Gasteiger partial charge is 0.372 e. The number of hydrogen-bond acceptors (Lipinski definition) is 3. The van der Waals surface area contributed by atoms with Crippen LogP contribution >= 0.6 is 0 Å². The molecule has 4 N–H and O–H groups in total. The summed E-state index contributed by atoms with van der Waals surface area (Å²) in [4.78, 5) is 0. The highest BCUT2D eigenvalue weighted by Crippen LogP contribution is 1.82. The molecular weight excluding hydrogens is 114 g/mol. The third-order valence-electron chi connectivity index (χ3n) is 0.744. The van der Waals surface area contributed by atoms with Gasteiger partial charge in [-0.15, -0.1) is 0 Å². The summed E-state index contributed by atoms with van der Waals surface area (Å²) in [6.45, 7) is 3.92. The van der Waals surface area contributed by atoms with Crippen LogP contribution in [-0.2, 0) is 0 Å². The first-order valence-corrected chi connectivity index (χ1v) is 2.82. The van der Waals surface area contributed by atoms with E-state index in [0.29, 0.717) is 0 Å². The summed E-state index contributed by atoms with van der Waals surface area (Å²) in [7, 11) is 0. The summed E-state index contributed by atoms with van der Waals surface area (Å²) in [5.74, 6) is 0. The zero-order valence-corrected chi connectivity index (χ0v) is 5.81. The van der Waals surface area contributed by atoms with Crippen LogP contribution in [0.15, 0.2) is 11.8 Å². The topological polar surface area (TPSA) is 61.9 Å². The highest BCUT2D eigenvalue weighted by atomic mass is 15.0. The predicted octanol–water partition coefficient (Wildman–Crippen LogP) is 0.434. The zero-order chi connectivity index (χ0) is 7.28. The molecule has 0 spiro atoms. The standard InChI is InChI=1S/C6H13N3/c1-5(2)4-9-6(8)3-7/h3-4,6-7,9H,8H2,1-2H3/t6-/m0/s1. The zero-order valence-electron chi connectivity index (χ0n) is 5.81. The monoisotopic (exact) mass is 127 g/mol. The van der Waals surface area contributed by atoms with E-state index in [1.54, 1.807) is 6.20 Å². The van der Waals surface area contributed by atoms with Crippen molar-refractivity contribution >= 4 is 6.21 Å². The maximum atomic E-state index is 6.71. The van der Waals surface area contributed by atoms with E-state index in [1.165, 1.54) is 0 Å². The van der Waals surface area contributed by atoms with E-state index in [4.69, 9.17) is 11.1 Å². The highest BCUT2D eigenvalue weighted by Gasteiger charge is 1.87. The lowest BCUT2D eigenvalue weighted by Crippen LogP contribution is -2.34. The molecule has 0 saturated carbocycles. The number of nitrogens with one attached hydrogen (secondary N) is 2. The van der Waals surface area contributed by atoms with Crippen LogP contribution in [0.2, 0.25) is 0 Å². The van der Waals surface area contributed by atoms with Gasteiger partial charge in [0.25, 0.3) is 0 Å². The van der Waals surface area contributed by atoms with Crippen molar-refractivity contribution in [3.63, 3.8) is 0 Å². The minimum absolute atomic E-state index is 0.347. The van der Waals surface area contributed by atoms with Gasteiger partial charge in [0.05, 0.1) is 0 Å². The molecule has 3 nitrogen and oxygen atoms in total. The van der Waals surface area contributed by atoms with Gasteiger partial charge < -0.3 is 16.5 Å². The van der Waals surface area contributed by atoms with E-state index in [1.807, 2.05) is 13.8 Å². The Bertz CT molecular complexity index is 113. The van der Waals surface area contributed by atoms with Gasteiger partial charge in [0.2, 0.25) is 0 Å². The molecule has 0 saturated heterocycles. The quantitative estimate of drug-likeness (QED) is 0.380. The fraction of sp³-hybridized carbons (Fsp3) is 0.500. The van der Waals surface area contributed by atoms with Gasteiger partial charge in [0, 0.05) is 6.21 Å². The SMILES string of the molecule is CC(C)=CN[C@H](N)C=N. The van der Waals surface area contributed by atoms with E-state index in [-0.39, 0.29) is 6.17 Å². The normalized spacial score (nSPS) is 11.9. The first-order chi connectivity index (χ1) is 4.16. The third kappa shape index (κ3) is 5.03. The molecule has 0 aliphatic rings. The molecule has 0 radical (unpaired) electrons. The number of hydrogen-bond donors (Lipinski definition) is 3. The van der Waals surface area contributed by atoms with Crippen molar-refractivity contribution in [2.45, 2.75) is 20.0 Å². The van der Waals surface area contributed by atoms with Gasteiger partial charge in [0.1, 0.15) is 6.17 Å². The van der Waals surface area contributed by atoms with Crippen LogP contribution in [0.5, 0.6) is 0 Å². The first kappa shape index (κ1) is 8.17. The van der Waals surface area contributed by atoms with E-state index < -0.39 is 0 Å². The minimum Gasteiger partial charge on any atom is -0.372 e. The van der Waals surface area contributed by atoms with Crippen molar-refractivity contribution in [3.8, 4) is 0 Å². The van der Waals surface area contributed by atoms with Crippen molar-refractivity contribution < 1.29 is 0 Å². The second-order valence-electron chi connectivity index (χ2n) is 2.08. The van der Waals surface area contributed by atoms with Gasteiger partial charge in [-0.2, -0.15) is 0 Å². The van der Waals surface area contributed by atoms with Crippen LogP contribution in [0.1, 0.15) is 13.8 Å². The third-order valence-corrected chi connectivity index (χ3v) is 0.744. The van der Waals surface area contributed by atoms with Crippen LogP contribution in [-0.4, -0.2) is 12.4 Å². The molecule has 3 heteroatoms. The average Bonchev–Trinajstić information content (AvgIpc) is 1.83. The van der Waals surface area contributed by atoms with Gasteiger partial charge in [-0.1, -0.05) is 5.57 Å². The minimum atomic E-state index is -0.347. The van der Waals surface area contributed by atoms with Crippen molar-refractivity contribution in [1.29, 1.82) is 5.41 Å². The maximum Gasteiger partial charge on any atom is 0.110 e. The van der Waals surface area contributed by atoms with E-state index in [9.17, 15) is 0 Å². The fourth-order valence-corrected chi connectivity index (χ4v) is 0.311. The number of nitrogens with two attached hydrogens (primary N) is 1. The summed E-state index contributed by atoms with van der Waals surface area (Å²) in [5, 5.41) is 9.52. The van der Waals surface area contributed by atoms with Crippen molar-refractivity contribution in [3.05, 3.63) is 11.8 Å². The van der Waals surface area contributed by atoms with Gasteiger partial charge in [-0.3, -0.25) is 0 Å². The average molecular weight is 127 g/mol. The molecule has 1 atom stereocenters. The summed E-state index contributed by atoms with van der Waals surface area (Å²) in [5.41, 5.74) is 6.47. The molecule has 0 unspecified atom stereocenters. The molecule has 0 bridgehead atoms. The Labute approximate surface area is 55.4 Å². The molecule has 0 rings (SSSR count). The molecule has 0 aromatic heterocycles. The van der Waals surface area contributed by atoms with Crippen molar-refractivity contribution in [1.82, 2.24) is 5.32 Å². The second kappa shape index (κ2) is 4.09. The molecular formula is C6H13N3. The molecule has 0 amide bonds. The highest BCUT2D eigenvalue weighted by molar-refractivity contribution is 5.59. The smallest absolute Gasteiger partial charge is 0.110 e. The maximum absolute atomic E-state index is 6.71. The molecule has 0 fully saturated rings. The Kier molecular flexibility index (Phi) is 3.71. The molecule has 0 aromatic rings. The molecule has 0 aliphatic heterocycles. The number of allylic oxidation sites excluding steroid dienone is 1. The Balaban J connectivity index is 3.49. The second-order valence-corrected chi connectivity index (χ2v) is 2.08. The predicted molar refractivity (Wildman–Crippen MR) is 39.3 cm³/mol. The van der Waals surface area contributed by atoms with Crippen LogP contribution in [0.3, 0.4) is 0 Å². The molecule has 9 heavy (non-hydrogen) atoms. The first-order valence-electron chi connectivity index (χ1n) is 2.82. The summed E-state index contributed by atoms with van der Waals surface area (Å²) in [6, 6.07) is 0. The molecule has 0 aromatic carbocycles. The Morgan fingerprint density at radius 2 is 2.22 bits per heavy atom. The van der Waals surface area contributed by atoms with Gasteiger partial charge in [-0.05, 0) is 20.0 Å². The molecule has 52 valence electrons. The van der Waals surface area contributed by atoms with Crippen LogP contribution in [0.4, 0.5) is 0 Å². The lowest BCUT2D eigenvalue weighted by Gasteiger charge is -2.03. The molecule has 0 heterocycles. The van der Waals surface area contributed by atoms with Crippen LogP contribution < -0.4 is 11.1 Å². The van der Waals surface area contributed by atoms with Gasteiger partial charge in [-0.25, -0.2) is 0 Å². The van der Waals surface area contributed by atoms with Gasteiger partial charge >= 0.3 is 0 Å². The summed E-state index contributed by atoms with van der Waals surface area (Å²) >= 11 is 0. The van der Waals surface area contributed by atoms with Crippen molar-refractivity contribution in [2.24, 2.45) is 5.73 Å². The Morgan fingerprint density at radius 1 is 1.67 bits per heavy atom. The summed E-state index contributed by atoms with van der Waals surface area (Å²) < 4.78 is 0. The Morgan fingerprint density at radius 3 is 2.56 bits per heavy atom. The van der Waals surface area contributed by atoms with E-state index in [2.05, 4.69) is 5.32 Å². The lowest BCUT2D eigenvalue weighted by atomic mass is 10.4. The van der Waals surface area contributed by atoms with Crippen LogP contribution in [0, 0.1) is 5.41 Å². The van der Waals surface area contributed by atoms with E-state index in [0.717, 1.165) is 11.8 Å². The van der Waals surface area contributed by atoms with Crippen molar-refractivity contribution in [2.75, 3.05) is 0 Å². The number of rotatable bonds is 3.